The summed E-state index contributed by atoms with van der Waals surface area (Å²) in [6, 6.07) is 1.90. The highest BCUT2D eigenvalue weighted by Crippen LogP contribution is 2.26. The first-order chi connectivity index (χ1) is 6.96. The number of hydrogen-bond donors (Lipinski definition) is 1. The summed E-state index contributed by atoms with van der Waals surface area (Å²) in [7, 11) is 1.66. The van der Waals surface area contributed by atoms with Crippen molar-refractivity contribution >= 4 is 0 Å². The van der Waals surface area contributed by atoms with Gasteiger partial charge in [-0.3, -0.25) is 4.98 Å². The van der Waals surface area contributed by atoms with E-state index in [2.05, 4.69) is 4.98 Å². The first-order valence-electron chi connectivity index (χ1n) is 5.10. The maximum absolute atomic E-state index is 10.0. The number of aryl methyl sites for hydroxylation is 1. The average Bonchev–Trinajstić information content (AvgIpc) is 2.17. The summed E-state index contributed by atoms with van der Waals surface area (Å²) >= 11 is 0. The lowest BCUT2D eigenvalue weighted by molar-refractivity contribution is -0.0202. The molecule has 0 aliphatic carbocycles. The lowest BCUT2D eigenvalue weighted by atomic mass is 9.95. The molecular formula is C12H19NO2. The largest absolute Gasteiger partial charge is 0.388 e. The number of ether oxygens (including phenoxy) is 1. The maximum Gasteiger partial charge on any atom is 0.0834 e. The normalized spacial score (nSPS) is 13.9. The van der Waals surface area contributed by atoms with Crippen LogP contribution in [0.4, 0.5) is 0 Å². The average molecular weight is 209 g/mol. The van der Waals surface area contributed by atoms with Crippen LogP contribution in [0.15, 0.2) is 18.5 Å². The number of aliphatic hydroxyl groups is 1. The Morgan fingerprint density at radius 1 is 1.53 bits per heavy atom. The Kier molecular flexibility index (Phi) is 3.83. The first kappa shape index (κ1) is 12.1. The maximum atomic E-state index is 10.0. The van der Waals surface area contributed by atoms with Crippen molar-refractivity contribution in [3.8, 4) is 0 Å². The van der Waals surface area contributed by atoms with Crippen LogP contribution >= 0.6 is 0 Å². The van der Waals surface area contributed by atoms with Crippen molar-refractivity contribution in [2.45, 2.75) is 38.9 Å². The molecule has 0 amide bonds. The number of hydrogen-bond acceptors (Lipinski definition) is 3. The number of nitrogens with zero attached hydrogens (tertiary/aromatic N) is 1. The van der Waals surface area contributed by atoms with Gasteiger partial charge < -0.3 is 9.84 Å². The van der Waals surface area contributed by atoms with Crippen molar-refractivity contribution in [2.75, 3.05) is 7.11 Å². The molecule has 0 spiro atoms. The van der Waals surface area contributed by atoms with E-state index in [0.29, 0.717) is 6.42 Å². The Balaban J connectivity index is 2.78. The first-order valence-corrected chi connectivity index (χ1v) is 5.10. The van der Waals surface area contributed by atoms with E-state index in [1.165, 1.54) is 0 Å². The summed E-state index contributed by atoms with van der Waals surface area (Å²) in [6.45, 7) is 5.89. The van der Waals surface area contributed by atoms with E-state index in [-0.39, 0.29) is 5.60 Å². The van der Waals surface area contributed by atoms with E-state index in [1.54, 1.807) is 19.5 Å². The molecule has 0 aromatic carbocycles. The fraction of sp³-hybridized carbons (Fsp3) is 0.583. The van der Waals surface area contributed by atoms with Gasteiger partial charge in [-0.05, 0) is 32.4 Å². The van der Waals surface area contributed by atoms with Crippen LogP contribution in [0.2, 0.25) is 0 Å². The molecule has 84 valence electrons. The van der Waals surface area contributed by atoms with Crippen LogP contribution in [-0.4, -0.2) is 22.8 Å². The fourth-order valence-electron chi connectivity index (χ4n) is 1.48. The molecule has 0 aliphatic heterocycles. The predicted octanol–water partition coefficient (Wildman–Crippen LogP) is 2.24. The molecule has 1 rings (SSSR count). The van der Waals surface area contributed by atoms with Crippen LogP contribution in [-0.2, 0) is 4.74 Å². The summed E-state index contributed by atoms with van der Waals surface area (Å²) in [5.74, 6) is 0. The number of rotatable bonds is 4. The topological polar surface area (TPSA) is 42.4 Å². The summed E-state index contributed by atoms with van der Waals surface area (Å²) in [6.07, 6.45) is 3.49. The molecule has 0 radical (unpaired) electrons. The molecule has 15 heavy (non-hydrogen) atoms. The summed E-state index contributed by atoms with van der Waals surface area (Å²) < 4.78 is 5.29. The SMILES string of the molecule is COC(C)(C)CC(O)c1cnccc1C. The van der Waals surface area contributed by atoms with Crippen molar-refractivity contribution in [3.05, 3.63) is 29.6 Å². The molecule has 0 fully saturated rings. The van der Waals surface area contributed by atoms with Gasteiger partial charge in [0.25, 0.3) is 0 Å². The zero-order valence-corrected chi connectivity index (χ0v) is 9.82. The Bertz CT molecular complexity index is 323. The van der Waals surface area contributed by atoms with Gasteiger partial charge in [0.05, 0.1) is 11.7 Å². The van der Waals surface area contributed by atoms with Gasteiger partial charge >= 0.3 is 0 Å². The third kappa shape index (κ3) is 3.29. The highest BCUT2D eigenvalue weighted by molar-refractivity contribution is 5.23. The molecule has 0 saturated heterocycles. The van der Waals surface area contributed by atoms with E-state index >= 15 is 0 Å². The molecule has 1 aromatic rings. The van der Waals surface area contributed by atoms with Gasteiger partial charge in [0.15, 0.2) is 0 Å². The van der Waals surface area contributed by atoms with E-state index in [4.69, 9.17) is 4.74 Å². The third-order valence-electron chi connectivity index (χ3n) is 2.68. The minimum atomic E-state index is -0.520. The Morgan fingerprint density at radius 2 is 2.20 bits per heavy atom. The van der Waals surface area contributed by atoms with Crippen molar-refractivity contribution in [2.24, 2.45) is 0 Å². The van der Waals surface area contributed by atoms with Crippen molar-refractivity contribution in [3.63, 3.8) is 0 Å². The van der Waals surface area contributed by atoms with Gasteiger partial charge in [0, 0.05) is 31.5 Å². The molecule has 3 heteroatoms. The van der Waals surface area contributed by atoms with Crippen molar-refractivity contribution in [1.29, 1.82) is 0 Å². The molecule has 0 saturated carbocycles. The molecule has 0 bridgehead atoms. The number of pyridine rings is 1. The highest BCUT2D eigenvalue weighted by atomic mass is 16.5. The van der Waals surface area contributed by atoms with Gasteiger partial charge in [-0.1, -0.05) is 0 Å². The Labute approximate surface area is 91.1 Å². The lowest BCUT2D eigenvalue weighted by Gasteiger charge is -2.26. The Hall–Kier alpha value is -0.930. The van der Waals surface area contributed by atoms with Gasteiger partial charge in [-0.15, -0.1) is 0 Å². The summed E-state index contributed by atoms with van der Waals surface area (Å²) in [4.78, 5) is 4.02. The number of methoxy groups -OCH3 is 1. The molecule has 0 aliphatic rings. The molecule has 3 nitrogen and oxygen atoms in total. The fourth-order valence-corrected chi connectivity index (χ4v) is 1.48. The molecule has 1 atom stereocenters. The zero-order valence-electron chi connectivity index (χ0n) is 9.82. The van der Waals surface area contributed by atoms with Crippen LogP contribution in [0, 0.1) is 6.92 Å². The van der Waals surface area contributed by atoms with Crippen molar-refractivity contribution < 1.29 is 9.84 Å². The molecule has 1 heterocycles. The lowest BCUT2D eigenvalue weighted by Crippen LogP contribution is -2.25. The van der Waals surface area contributed by atoms with Crippen LogP contribution in [0.25, 0.3) is 0 Å². The third-order valence-corrected chi connectivity index (χ3v) is 2.68. The minimum Gasteiger partial charge on any atom is -0.388 e. The minimum absolute atomic E-state index is 0.318. The number of aliphatic hydroxyl groups excluding tert-OH is 1. The smallest absolute Gasteiger partial charge is 0.0834 e. The van der Waals surface area contributed by atoms with Gasteiger partial charge in [0.2, 0.25) is 0 Å². The van der Waals surface area contributed by atoms with Crippen LogP contribution in [0.5, 0.6) is 0 Å². The van der Waals surface area contributed by atoms with E-state index < -0.39 is 6.10 Å². The molecule has 1 N–H and O–H groups in total. The monoisotopic (exact) mass is 209 g/mol. The van der Waals surface area contributed by atoms with Gasteiger partial charge in [-0.2, -0.15) is 0 Å². The second-order valence-corrected chi connectivity index (χ2v) is 4.42. The quantitative estimate of drug-likeness (QED) is 0.827. The van der Waals surface area contributed by atoms with Crippen LogP contribution in [0.1, 0.15) is 37.5 Å². The van der Waals surface area contributed by atoms with Gasteiger partial charge in [-0.25, -0.2) is 0 Å². The molecule has 1 unspecified atom stereocenters. The highest BCUT2D eigenvalue weighted by Gasteiger charge is 2.23. The standard InChI is InChI=1S/C12H19NO2/c1-9-5-6-13-8-10(9)11(14)7-12(2,3)15-4/h5-6,8,11,14H,7H2,1-4H3. The molecular weight excluding hydrogens is 190 g/mol. The summed E-state index contributed by atoms with van der Waals surface area (Å²) in [5, 5.41) is 10.0. The summed E-state index contributed by atoms with van der Waals surface area (Å²) in [5.41, 5.74) is 1.62. The van der Waals surface area contributed by atoms with Gasteiger partial charge in [0.1, 0.15) is 0 Å². The second-order valence-electron chi connectivity index (χ2n) is 4.42. The predicted molar refractivity (Wildman–Crippen MR) is 59.6 cm³/mol. The van der Waals surface area contributed by atoms with E-state index in [9.17, 15) is 5.11 Å². The molecule has 1 aromatic heterocycles. The van der Waals surface area contributed by atoms with E-state index in [1.807, 2.05) is 26.8 Å². The number of aromatic nitrogens is 1. The van der Waals surface area contributed by atoms with Crippen LogP contribution < -0.4 is 0 Å². The van der Waals surface area contributed by atoms with E-state index in [0.717, 1.165) is 11.1 Å². The van der Waals surface area contributed by atoms with Crippen molar-refractivity contribution in [1.82, 2.24) is 4.98 Å². The second kappa shape index (κ2) is 4.73. The van der Waals surface area contributed by atoms with Crippen LogP contribution in [0.3, 0.4) is 0 Å². The zero-order chi connectivity index (χ0) is 11.5. The Morgan fingerprint density at radius 3 is 2.73 bits per heavy atom.